The molecular weight excluding hydrogens is 408 g/mol. The van der Waals surface area contributed by atoms with E-state index in [0.29, 0.717) is 5.56 Å². The molecule has 1 N–H and O–H groups in total. The van der Waals surface area contributed by atoms with Crippen molar-refractivity contribution in [1.82, 2.24) is 4.72 Å². The lowest BCUT2D eigenvalue weighted by molar-refractivity contribution is -0.384. The minimum absolute atomic E-state index is 0.0958. The molecule has 8 nitrogen and oxygen atoms in total. The zero-order valence-corrected chi connectivity index (χ0v) is 16.5. The maximum absolute atomic E-state index is 12.5. The quantitative estimate of drug-likeness (QED) is 0.335. The summed E-state index contributed by atoms with van der Waals surface area (Å²) < 4.78 is 33.0. The fourth-order valence-corrected chi connectivity index (χ4v) is 3.73. The van der Waals surface area contributed by atoms with Gasteiger partial charge in [0.25, 0.3) is 5.69 Å². The standard InChI is InChI=1S/C21H18N2O6S/c24-21(17-11-13-18(14-12-17)23(25)26)29-20(16-7-3-1-4-8-16)15-22-30(27,28)19-9-5-2-6-10-19/h1-14,20,22H,15H2. The van der Waals surface area contributed by atoms with Gasteiger partial charge in [-0.15, -0.1) is 0 Å². The Labute approximate surface area is 173 Å². The predicted octanol–water partition coefficient (Wildman–Crippen LogP) is 3.47. The maximum Gasteiger partial charge on any atom is 0.338 e. The van der Waals surface area contributed by atoms with Crippen molar-refractivity contribution in [3.63, 3.8) is 0 Å². The van der Waals surface area contributed by atoms with Crippen molar-refractivity contribution in [2.24, 2.45) is 0 Å². The van der Waals surface area contributed by atoms with Gasteiger partial charge >= 0.3 is 5.97 Å². The molecule has 0 amide bonds. The molecule has 3 aromatic carbocycles. The number of ether oxygens (including phenoxy) is 1. The average molecular weight is 426 g/mol. The molecule has 154 valence electrons. The summed E-state index contributed by atoms with van der Waals surface area (Å²) in [6.45, 7) is -0.181. The van der Waals surface area contributed by atoms with E-state index >= 15 is 0 Å². The first-order valence-corrected chi connectivity index (χ1v) is 10.4. The third kappa shape index (κ3) is 5.28. The number of hydrogen-bond acceptors (Lipinski definition) is 6. The second-order valence-electron chi connectivity index (χ2n) is 6.27. The molecular formula is C21H18N2O6S. The highest BCUT2D eigenvalue weighted by molar-refractivity contribution is 7.89. The molecule has 1 unspecified atom stereocenters. The van der Waals surface area contributed by atoms with E-state index in [1.165, 1.54) is 36.4 Å². The first-order valence-electron chi connectivity index (χ1n) is 8.92. The van der Waals surface area contributed by atoms with Gasteiger partial charge in [-0.05, 0) is 29.8 Å². The van der Waals surface area contributed by atoms with E-state index < -0.39 is 27.0 Å². The highest BCUT2D eigenvalue weighted by Crippen LogP contribution is 2.21. The number of non-ortho nitro benzene ring substituents is 1. The van der Waals surface area contributed by atoms with Gasteiger partial charge in [0, 0.05) is 12.1 Å². The second kappa shape index (κ2) is 9.29. The molecule has 0 saturated carbocycles. The van der Waals surface area contributed by atoms with Crippen LogP contribution in [0.15, 0.2) is 89.8 Å². The van der Waals surface area contributed by atoms with Gasteiger partial charge in [-0.2, -0.15) is 0 Å². The second-order valence-corrected chi connectivity index (χ2v) is 8.04. The molecule has 3 rings (SSSR count). The van der Waals surface area contributed by atoms with E-state index in [1.54, 1.807) is 48.5 Å². The predicted molar refractivity (Wildman–Crippen MR) is 109 cm³/mol. The summed E-state index contributed by atoms with van der Waals surface area (Å²) in [5.41, 5.74) is 0.567. The highest BCUT2D eigenvalue weighted by atomic mass is 32.2. The number of rotatable bonds is 8. The van der Waals surface area contributed by atoms with E-state index in [-0.39, 0.29) is 22.7 Å². The van der Waals surface area contributed by atoms with Crippen LogP contribution >= 0.6 is 0 Å². The Morgan fingerprint density at radius 1 is 0.933 bits per heavy atom. The van der Waals surface area contributed by atoms with Gasteiger partial charge < -0.3 is 4.74 Å². The van der Waals surface area contributed by atoms with Crippen LogP contribution in [0.2, 0.25) is 0 Å². The monoisotopic (exact) mass is 426 g/mol. The molecule has 0 bridgehead atoms. The van der Waals surface area contributed by atoms with Gasteiger partial charge in [0.1, 0.15) is 6.10 Å². The van der Waals surface area contributed by atoms with Crippen LogP contribution in [0.3, 0.4) is 0 Å². The number of nitrogens with one attached hydrogen (secondary N) is 1. The van der Waals surface area contributed by atoms with Crippen molar-refractivity contribution < 1.29 is 22.9 Å². The van der Waals surface area contributed by atoms with Crippen molar-refractivity contribution in [1.29, 1.82) is 0 Å². The fourth-order valence-electron chi connectivity index (χ4n) is 2.68. The molecule has 0 aliphatic rings. The lowest BCUT2D eigenvalue weighted by Gasteiger charge is -2.19. The smallest absolute Gasteiger partial charge is 0.338 e. The number of nitro benzene ring substituents is 1. The summed E-state index contributed by atoms with van der Waals surface area (Å²) in [4.78, 5) is 22.8. The molecule has 30 heavy (non-hydrogen) atoms. The molecule has 9 heteroatoms. The van der Waals surface area contributed by atoms with E-state index in [4.69, 9.17) is 4.74 Å². The van der Waals surface area contributed by atoms with Crippen LogP contribution in [0.1, 0.15) is 22.0 Å². The van der Waals surface area contributed by atoms with Gasteiger partial charge in [0.15, 0.2) is 0 Å². The number of nitro groups is 1. The molecule has 0 radical (unpaired) electrons. The highest BCUT2D eigenvalue weighted by Gasteiger charge is 2.22. The van der Waals surface area contributed by atoms with Crippen LogP contribution in [-0.2, 0) is 14.8 Å². The van der Waals surface area contributed by atoms with E-state index in [9.17, 15) is 23.3 Å². The Kier molecular flexibility index (Phi) is 6.55. The minimum atomic E-state index is -3.80. The van der Waals surface area contributed by atoms with Crippen molar-refractivity contribution in [2.45, 2.75) is 11.0 Å². The minimum Gasteiger partial charge on any atom is -0.452 e. The molecule has 0 fully saturated rings. The number of benzene rings is 3. The maximum atomic E-state index is 12.5. The van der Waals surface area contributed by atoms with Gasteiger partial charge in [-0.1, -0.05) is 48.5 Å². The van der Waals surface area contributed by atoms with Crippen molar-refractivity contribution in [3.8, 4) is 0 Å². The summed E-state index contributed by atoms with van der Waals surface area (Å²) >= 11 is 0. The van der Waals surface area contributed by atoms with Crippen molar-refractivity contribution in [2.75, 3.05) is 6.54 Å². The van der Waals surface area contributed by atoms with Gasteiger partial charge in [0.05, 0.1) is 21.9 Å². The molecule has 1 atom stereocenters. The van der Waals surface area contributed by atoms with Crippen LogP contribution < -0.4 is 4.72 Å². The van der Waals surface area contributed by atoms with Crippen LogP contribution in [-0.4, -0.2) is 25.9 Å². The average Bonchev–Trinajstić information content (AvgIpc) is 2.77. The summed E-state index contributed by atoms with van der Waals surface area (Å²) in [7, 11) is -3.80. The van der Waals surface area contributed by atoms with Crippen molar-refractivity contribution >= 4 is 21.7 Å². The number of esters is 1. The summed E-state index contributed by atoms with van der Waals surface area (Å²) in [5, 5.41) is 10.8. The summed E-state index contributed by atoms with van der Waals surface area (Å²) in [5.74, 6) is -0.724. The Balaban J connectivity index is 1.78. The van der Waals surface area contributed by atoms with Gasteiger partial charge in [0.2, 0.25) is 10.0 Å². The van der Waals surface area contributed by atoms with Crippen LogP contribution in [0.25, 0.3) is 0 Å². The van der Waals surface area contributed by atoms with Crippen LogP contribution in [0.5, 0.6) is 0 Å². The third-order valence-electron chi connectivity index (χ3n) is 4.25. The summed E-state index contributed by atoms with van der Waals surface area (Å²) in [6.07, 6.45) is -0.896. The zero-order chi connectivity index (χ0) is 21.6. The Hall–Kier alpha value is -3.56. The Morgan fingerprint density at radius 2 is 1.50 bits per heavy atom. The number of hydrogen-bond donors (Lipinski definition) is 1. The molecule has 3 aromatic rings. The Morgan fingerprint density at radius 3 is 2.07 bits per heavy atom. The molecule has 0 spiro atoms. The zero-order valence-electron chi connectivity index (χ0n) is 15.7. The number of carbonyl (C=O) groups is 1. The van der Waals surface area contributed by atoms with E-state index in [0.717, 1.165) is 0 Å². The first-order chi connectivity index (χ1) is 14.4. The third-order valence-corrected chi connectivity index (χ3v) is 5.69. The topological polar surface area (TPSA) is 116 Å². The normalized spacial score (nSPS) is 12.1. The number of sulfonamides is 1. The van der Waals surface area contributed by atoms with Crippen molar-refractivity contribution in [3.05, 3.63) is 106 Å². The summed E-state index contributed by atoms with van der Waals surface area (Å²) in [6, 6.07) is 21.5. The fraction of sp³-hybridized carbons (Fsp3) is 0.0952. The number of carbonyl (C=O) groups excluding carboxylic acids is 1. The first kappa shape index (κ1) is 21.2. The van der Waals surface area contributed by atoms with E-state index in [1.807, 2.05) is 0 Å². The van der Waals surface area contributed by atoms with Gasteiger partial charge in [-0.25, -0.2) is 17.9 Å². The Bertz CT molecular complexity index is 1120. The van der Waals surface area contributed by atoms with Crippen LogP contribution in [0.4, 0.5) is 5.69 Å². The van der Waals surface area contributed by atoms with Gasteiger partial charge in [-0.3, -0.25) is 10.1 Å². The van der Waals surface area contributed by atoms with Crippen LogP contribution in [0, 0.1) is 10.1 Å². The number of nitrogens with zero attached hydrogens (tertiary/aromatic N) is 1. The molecule has 0 aromatic heterocycles. The lowest BCUT2D eigenvalue weighted by atomic mass is 10.1. The molecule has 0 saturated heterocycles. The molecule has 0 aliphatic carbocycles. The SMILES string of the molecule is O=C(OC(CNS(=O)(=O)c1ccccc1)c1ccccc1)c1ccc([N+](=O)[O-])cc1. The largest absolute Gasteiger partial charge is 0.452 e. The van der Waals surface area contributed by atoms with E-state index in [2.05, 4.69) is 4.72 Å². The molecule has 0 heterocycles. The molecule has 0 aliphatic heterocycles. The lowest BCUT2D eigenvalue weighted by Crippen LogP contribution is -2.30.